The average molecular weight is 325 g/mol. The molecule has 0 aromatic heterocycles. The monoisotopic (exact) mass is 324 g/mol. The Morgan fingerprint density at radius 1 is 1.10 bits per heavy atom. The number of carbonyl (C=O) groups excluding carboxylic acids is 1. The van der Waals surface area contributed by atoms with Gasteiger partial charge in [-0.1, -0.05) is 47.6 Å². The van der Waals surface area contributed by atoms with Crippen molar-refractivity contribution < 1.29 is 4.79 Å². The largest absolute Gasteiger partial charge is 0.389 e. The summed E-state index contributed by atoms with van der Waals surface area (Å²) in [6.07, 6.45) is 0. The van der Waals surface area contributed by atoms with Crippen molar-refractivity contribution in [2.45, 2.75) is 0 Å². The molecule has 2 rings (SSSR count). The van der Waals surface area contributed by atoms with Crippen LogP contribution >= 0.6 is 35.4 Å². The summed E-state index contributed by atoms with van der Waals surface area (Å²) in [5, 5.41) is 3.48. The number of rotatable bonds is 3. The molecule has 0 heterocycles. The lowest BCUT2D eigenvalue weighted by atomic mass is 10.1. The lowest BCUT2D eigenvalue weighted by molar-refractivity contribution is 0.102. The molecule has 0 spiro atoms. The first-order valence-electron chi connectivity index (χ1n) is 5.64. The van der Waals surface area contributed by atoms with Crippen LogP contribution in [0.5, 0.6) is 0 Å². The summed E-state index contributed by atoms with van der Waals surface area (Å²) < 4.78 is 0. The first kappa shape index (κ1) is 14.8. The second-order valence-corrected chi connectivity index (χ2v) is 5.27. The maximum absolute atomic E-state index is 12.2. The number of para-hydroxylation sites is 1. The Morgan fingerprint density at radius 2 is 1.80 bits per heavy atom. The number of benzene rings is 2. The molecule has 0 saturated heterocycles. The second-order valence-electron chi connectivity index (χ2n) is 3.99. The van der Waals surface area contributed by atoms with Gasteiger partial charge in [0.2, 0.25) is 0 Å². The maximum atomic E-state index is 12.2. The van der Waals surface area contributed by atoms with Gasteiger partial charge in [0.15, 0.2) is 0 Å². The number of nitrogens with one attached hydrogen (secondary N) is 1. The van der Waals surface area contributed by atoms with E-state index in [1.54, 1.807) is 36.4 Å². The maximum Gasteiger partial charge on any atom is 0.257 e. The molecule has 3 nitrogen and oxygen atoms in total. The highest BCUT2D eigenvalue weighted by Gasteiger charge is 2.13. The van der Waals surface area contributed by atoms with E-state index in [4.69, 9.17) is 41.2 Å². The number of anilines is 1. The van der Waals surface area contributed by atoms with Crippen LogP contribution < -0.4 is 11.1 Å². The number of halogens is 2. The van der Waals surface area contributed by atoms with Crippen LogP contribution in [0.25, 0.3) is 0 Å². The molecule has 0 aliphatic rings. The third kappa shape index (κ3) is 3.28. The van der Waals surface area contributed by atoms with E-state index in [-0.39, 0.29) is 16.5 Å². The zero-order valence-electron chi connectivity index (χ0n) is 10.2. The van der Waals surface area contributed by atoms with E-state index >= 15 is 0 Å². The van der Waals surface area contributed by atoms with E-state index in [1.807, 2.05) is 0 Å². The summed E-state index contributed by atoms with van der Waals surface area (Å²) in [4.78, 5) is 12.4. The Balaban J connectivity index is 2.33. The van der Waals surface area contributed by atoms with Crippen LogP contribution in [0.1, 0.15) is 15.9 Å². The molecule has 0 radical (unpaired) electrons. The number of amides is 1. The van der Waals surface area contributed by atoms with Crippen molar-refractivity contribution in [2.75, 3.05) is 5.32 Å². The van der Waals surface area contributed by atoms with E-state index in [0.717, 1.165) is 0 Å². The molecule has 102 valence electrons. The quantitative estimate of drug-likeness (QED) is 0.842. The summed E-state index contributed by atoms with van der Waals surface area (Å²) in [6.45, 7) is 0. The van der Waals surface area contributed by atoms with Gasteiger partial charge in [-0.2, -0.15) is 0 Å². The summed E-state index contributed by atoms with van der Waals surface area (Å²) in [6, 6.07) is 11.7. The van der Waals surface area contributed by atoms with Gasteiger partial charge < -0.3 is 11.1 Å². The Kier molecular flexibility index (Phi) is 4.60. The van der Waals surface area contributed by atoms with Crippen LogP contribution in [-0.4, -0.2) is 10.9 Å². The fraction of sp³-hybridized carbons (Fsp3) is 0. The van der Waals surface area contributed by atoms with Gasteiger partial charge in [0.1, 0.15) is 4.99 Å². The molecule has 2 aromatic carbocycles. The summed E-state index contributed by atoms with van der Waals surface area (Å²) in [5.74, 6) is -0.374. The molecule has 0 aliphatic heterocycles. The average Bonchev–Trinajstić information content (AvgIpc) is 2.41. The van der Waals surface area contributed by atoms with Gasteiger partial charge >= 0.3 is 0 Å². The number of carbonyl (C=O) groups is 1. The Bertz CT molecular complexity index is 689. The fourth-order valence-corrected chi connectivity index (χ4v) is 2.22. The molecule has 1 amide bonds. The Labute approximate surface area is 131 Å². The first-order chi connectivity index (χ1) is 9.49. The molecule has 20 heavy (non-hydrogen) atoms. The van der Waals surface area contributed by atoms with E-state index < -0.39 is 0 Å². The summed E-state index contributed by atoms with van der Waals surface area (Å²) in [5.41, 5.74) is 7.03. The molecule has 2 aromatic rings. The van der Waals surface area contributed by atoms with E-state index in [0.29, 0.717) is 21.3 Å². The van der Waals surface area contributed by atoms with Crippen molar-refractivity contribution in [3.8, 4) is 0 Å². The van der Waals surface area contributed by atoms with Crippen LogP contribution in [-0.2, 0) is 0 Å². The van der Waals surface area contributed by atoms with Crippen LogP contribution in [0.15, 0.2) is 42.5 Å². The zero-order valence-corrected chi connectivity index (χ0v) is 12.5. The summed E-state index contributed by atoms with van der Waals surface area (Å²) >= 11 is 16.8. The highest BCUT2D eigenvalue weighted by molar-refractivity contribution is 7.80. The lowest BCUT2D eigenvalue weighted by Gasteiger charge is -2.11. The van der Waals surface area contributed by atoms with Crippen LogP contribution in [0.3, 0.4) is 0 Å². The van der Waals surface area contributed by atoms with Crippen molar-refractivity contribution in [3.63, 3.8) is 0 Å². The lowest BCUT2D eigenvalue weighted by Crippen LogP contribution is -2.17. The molecule has 0 saturated carbocycles. The molecule has 0 atom stereocenters. The number of thiocarbonyl (C=S) groups is 1. The van der Waals surface area contributed by atoms with E-state index in [1.165, 1.54) is 6.07 Å². The zero-order chi connectivity index (χ0) is 14.7. The highest BCUT2D eigenvalue weighted by Crippen LogP contribution is 2.23. The van der Waals surface area contributed by atoms with Gasteiger partial charge in [0, 0.05) is 10.6 Å². The Morgan fingerprint density at radius 3 is 2.50 bits per heavy atom. The number of hydrogen-bond donors (Lipinski definition) is 2. The topological polar surface area (TPSA) is 55.1 Å². The molecule has 0 fully saturated rings. The molecule has 3 N–H and O–H groups in total. The van der Waals surface area contributed by atoms with Gasteiger partial charge in [-0.05, 0) is 30.3 Å². The van der Waals surface area contributed by atoms with Crippen LogP contribution in [0, 0.1) is 0 Å². The fourth-order valence-electron chi connectivity index (χ4n) is 1.67. The smallest absolute Gasteiger partial charge is 0.257 e. The van der Waals surface area contributed by atoms with Gasteiger partial charge in [0.25, 0.3) is 5.91 Å². The van der Waals surface area contributed by atoms with Crippen molar-refractivity contribution in [2.24, 2.45) is 5.73 Å². The first-order valence-corrected chi connectivity index (χ1v) is 6.80. The second kappa shape index (κ2) is 6.22. The third-order valence-electron chi connectivity index (χ3n) is 2.61. The minimum atomic E-state index is -0.374. The van der Waals surface area contributed by atoms with Crippen molar-refractivity contribution in [1.29, 1.82) is 0 Å². The summed E-state index contributed by atoms with van der Waals surface area (Å²) in [7, 11) is 0. The minimum absolute atomic E-state index is 0.207. The number of hydrogen-bond acceptors (Lipinski definition) is 2. The Hall–Kier alpha value is -1.62. The third-order valence-corrected chi connectivity index (χ3v) is 3.40. The number of nitrogens with two attached hydrogens (primary N) is 1. The molecule has 6 heteroatoms. The predicted octanol–water partition coefficient (Wildman–Crippen LogP) is 3.88. The molecular weight excluding hydrogens is 315 g/mol. The normalized spacial score (nSPS) is 10.1. The molecule has 0 bridgehead atoms. The highest BCUT2D eigenvalue weighted by atomic mass is 35.5. The standard InChI is InChI=1S/C14H10Cl2N2OS/c15-8-5-6-11(16)10(7-8)14(19)18-12-4-2-1-3-9(12)13(17)20/h1-7H,(H2,17,20)(H,18,19). The van der Waals surface area contributed by atoms with Crippen LogP contribution in [0.2, 0.25) is 10.0 Å². The van der Waals surface area contributed by atoms with Crippen molar-refractivity contribution >= 4 is 52.0 Å². The molecule has 0 aliphatic carbocycles. The van der Waals surface area contributed by atoms with E-state index in [2.05, 4.69) is 5.32 Å². The van der Waals surface area contributed by atoms with Gasteiger partial charge in [0.05, 0.1) is 16.3 Å². The van der Waals surface area contributed by atoms with Gasteiger partial charge in [-0.3, -0.25) is 4.79 Å². The van der Waals surface area contributed by atoms with Gasteiger partial charge in [-0.25, -0.2) is 0 Å². The SMILES string of the molecule is NC(=S)c1ccccc1NC(=O)c1cc(Cl)ccc1Cl. The molecular formula is C14H10Cl2N2OS. The van der Waals surface area contributed by atoms with Crippen molar-refractivity contribution in [3.05, 3.63) is 63.6 Å². The molecule has 0 unspecified atom stereocenters. The predicted molar refractivity (Wildman–Crippen MR) is 86.7 cm³/mol. The van der Waals surface area contributed by atoms with E-state index in [9.17, 15) is 4.79 Å². The van der Waals surface area contributed by atoms with Gasteiger partial charge in [-0.15, -0.1) is 0 Å². The van der Waals surface area contributed by atoms with Crippen molar-refractivity contribution in [1.82, 2.24) is 0 Å². The van der Waals surface area contributed by atoms with Crippen LogP contribution in [0.4, 0.5) is 5.69 Å². The minimum Gasteiger partial charge on any atom is -0.389 e.